The van der Waals surface area contributed by atoms with Crippen LogP contribution in [0.25, 0.3) is 122 Å². The Hall–Kier alpha value is -8.02. The molecule has 0 radical (unpaired) electrons. The molecule has 0 fully saturated rings. The second-order valence-corrected chi connectivity index (χ2v) is 15.0. The van der Waals surface area contributed by atoms with Gasteiger partial charge < -0.3 is 4.42 Å². The molecule has 0 saturated carbocycles. The summed E-state index contributed by atoms with van der Waals surface area (Å²) in [5, 5.41) is 11.9. The highest BCUT2D eigenvalue weighted by atomic mass is 16.3. The van der Waals surface area contributed by atoms with Gasteiger partial charge in [0.1, 0.15) is 5.58 Å². The molecule has 0 bridgehead atoms. The minimum atomic E-state index is 0.601. The van der Waals surface area contributed by atoms with Gasteiger partial charge in [-0.25, -0.2) is 19.9 Å². The standard InChI is InChI=1S/C54H32N4O/c1-2-12-35(13-3-1)51-56-52(36-26-22-33(23-27-36)38-30-31-43-41-16-5-4-14-39(41)40-15-6-7-17-42(40)47(43)32-38)58-53(57-51)37-28-24-34(25-29-37)50-45-19-9-8-18-44(45)49-46-20-10-11-21-48(46)59-54(49)55-50/h1-32H. The fourth-order valence-electron chi connectivity index (χ4n) is 8.69. The summed E-state index contributed by atoms with van der Waals surface area (Å²) < 4.78 is 6.27. The Kier molecular flexibility index (Phi) is 7.47. The van der Waals surface area contributed by atoms with Crippen molar-refractivity contribution in [3.05, 3.63) is 194 Å². The van der Waals surface area contributed by atoms with Gasteiger partial charge in [-0.1, -0.05) is 182 Å². The lowest BCUT2D eigenvalue weighted by molar-refractivity contribution is 0.655. The summed E-state index contributed by atoms with van der Waals surface area (Å²) in [6.07, 6.45) is 0. The van der Waals surface area contributed by atoms with E-state index < -0.39 is 0 Å². The SMILES string of the molecule is c1ccc(-c2nc(-c3ccc(-c4ccc5c6ccccc6c6ccccc6c5c4)cc3)nc(-c3ccc(-c4nc5oc6ccccc6c5c5ccccc45)cc3)n2)cc1. The Morgan fingerprint density at radius 3 is 1.31 bits per heavy atom. The van der Waals surface area contributed by atoms with Gasteiger partial charge in [0, 0.05) is 33.0 Å². The van der Waals surface area contributed by atoms with Crippen molar-refractivity contribution in [2.24, 2.45) is 0 Å². The molecule has 5 nitrogen and oxygen atoms in total. The normalized spacial score (nSPS) is 11.7. The maximum atomic E-state index is 6.27. The first kappa shape index (κ1) is 33.2. The van der Waals surface area contributed by atoms with E-state index in [1.165, 1.54) is 32.3 Å². The smallest absolute Gasteiger partial charge is 0.228 e. The molecule has 0 atom stereocenters. The van der Waals surface area contributed by atoms with E-state index in [2.05, 4.69) is 146 Å². The third-order valence-corrected chi connectivity index (χ3v) is 11.5. The number of fused-ring (bicyclic) bond motifs is 11. The first-order chi connectivity index (χ1) is 29.2. The van der Waals surface area contributed by atoms with Crippen LogP contribution >= 0.6 is 0 Å². The number of para-hydroxylation sites is 1. The molecule has 274 valence electrons. The molecule has 0 spiro atoms. The van der Waals surface area contributed by atoms with Crippen molar-refractivity contribution in [2.45, 2.75) is 0 Å². The Balaban J connectivity index is 0.932. The number of pyridine rings is 1. The van der Waals surface area contributed by atoms with E-state index in [1.54, 1.807) is 0 Å². The first-order valence-corrected chi connectivity index (χ1v) is 19.8. The zero-order valence-electron chi connectivity index (χ0n) is 31.7. The van der Waals surface area contributed by atoms with Crippen molar-refractivity contribution in [2.75, 3.05) is 0 Å². The maximum absolute atomic E-state index is 6.27. The van der Waals surface area contributed by atoms with Crippen LogP contribution in [0.2, 0.25) is 0 Å². The highest BCUT2D eigenvalue weighted by molar-refractivity contribution is 6.26. The highest BCUT2D eigenvalue weighted by Gasteiger charge is 2.18. The van der Waals surface area contributed by atoms with Crippen molar-refractivity contribution in [3.8, 4) is 56.5 Å². The quantitative estimate of drug-likeness (QED) is 0.164. The molecule has 0 aliphatic carbocycles. The number of hydrogen-bond acceptors (Lipinski definition) is 5. The average Bonchev–Trinajstić information content (AvgIpc) is 3.70. The molecular weight excluding hydrogens is 721 g/mol. The molecule has 12 aromatic rings. The van der Waals surface area contributed by atoms with Gasteiger partial charge >= 0.3 is 0 Å². The summed E-state index contributed by atoms with van der Waals surface area (Å²) in [6.45, 7) is 0. The predicted molar refractivity (Wildman–Crippen MR) is 242 cm³/mol. The molecule has 0 unspecified atom stereocenters. The molecule has 0 aliphatic heterocycles. The van der Waals surface area contributed by atoms with Crippen molar-refractivity contribution in [1.82, 2.24) is 19.9 Å². The van der Waals surface area contributed by atoms with E-state index in [4.69, 9.17) is 24.4 Å². The van der Waals surface area contributed by atoms with Crippen LogP contribution in [0.1, 0.15) is 0 Å². The fourth-order valence-corrected chi connectivity index (χ4v) is 8.69. The van der Waals surface area contributed by atoms with Crippen molar-refractivity contribution >= 4 is 65.2 Å². The van der Waals surface area contributed by atoms with Gasteiger partial charge in [-0.2, -0.15) is 0 Å². The fraction of sp³-hybridized carbons (Fsp3) is 0. The van der Waals surface area contributed by atoms with Gasteiger partial charge in [0.05, 0.1) is 11.1 Å². The van der Waals surface area contributed by atoms with Gasteiger partial charge in [0.2, 0.25) is 5.71 Å². The molecule has 0 amide bonds. The minimum Gasteiger partial charge on any atom is -0.438 e. The summed E-state index contributed by atoms with van der Waals surface area (Å²) in [6, 6.07) is 67.7. The van der Waals surface area contributed by atoms with E-state index in [-0.39, 0.29) is 0 Å². The molecule has 3 aromatic heterocycles. The van der Waals surface area contributed by atoms with Gasteiger partial charge in [0.25, 0.3) is 0 Å². The summed E-state index contributed by atoms with van der Waals surface area (Å²) in [4.78, 5) is 20.2. The highest BCUT2D eigenvalue weighted by Crippen LogP contribution is 2.40. The van der Waals surface area contributed by atoms with Crippen LogP contribution in [-0.2, 0) is 0 Å². The Labute approximate surface area is 338 Å². The lowest BCUT2D eigenvalue weighted by Gasteiger charge is -2.12. The Morgan fingerprint density at radius 2 is 0.695 bits per heavy atom. The van der Waals surface area contributed by atoms with Crippen LogP contribution in [0.4, 0.5) is 0 Å². The summed E-state index contributed by atoms with van der Waals surface area (Å²) in [7, 11) is 0. The van der Waals surface area contributed by atoms with Crippen molar-refractivity contribution in [1.29, 1.82) is 0 Å². The van der Waals surface area contributed by atoms with Gasteiger partial charge in [-0.05, 0) is 61.0 Å². The van der Waals surface area contributed by atoms with Crippen LogP contribution in [0, 0.1) is 0 Å². The average molecular weight is 753 g/mol. The molecule has 3 heterocycles. The number of hydrogen-bond donors (Lipinski definition) is 0. The molecule has 0 N–H and O–H groups in total. The van der Waals surface area contributed by atoms with Crippen LogP contribution < -0.4 is 0 Å². The van der Waals surface area contributed by atoms with E-state index >= 15 is 0 Å². The lowest BCUT2D eigenvalue weighted by Crippen LogP contribution is -2.00. The maximum Gasteiger partial charge on any atom is 0.228 e. The van der Waals surface area contributed by atoms with Crippen LogP contribution in [-0.4, -0.2) is 19.9 Å². The van der Waals surface area contributed by atoms with E-state index in [1.807, 2.05) is 48.5 Å². The number of benzene rings is 9. The molecule has 5 heteroatoms. The molecule has 9 aromatic carbocycles. The summed E-state index contributed by atoms with van der Waals surface area (Å²) in [5.41, 5.74) is 8.33. The predicted octanol–water partition coefficient (Wildman–Crippen LogP) is 14.1. The first-order valence-electron chi connectivity index (χ1n) is 19.8. The molecule has 0 saturated heterocycles. The van der Waals surface area contributed by atoms with E-state index in [0.717, 1.165) is 66.2 Å². The number of nitrogens with zero attached hydrogens (tertiary/aromatic N) is 4. The Bertz CT molecular complexity index is 3560. The number of aromatic nitrogens is 4. The van der Waals surface area contributed by atoms with Crippen molar-refractivity contribution in [3.63, 3.8) is 0 Å². The van der Waals surface area contributed by atoms with E-state index in [0.29, 0.717) is 23.2 Å². The zero-order valence-corrected chi connectivity index (χ0v) is 31.7. The Morgan fingerprint density at radius 1 is 0.271 bits per heavy atom. The van der Waals surface area contributed by atoms with Gasteiger partial charge in [-0.3, -0.25) is 0 Å². The van der Waals surface area contributed by atoms with E-state index in [9.17, 15) is 0 Å². The van der Waals surface area contributed by atoms with Gasteiger partial charge in [-0.15, -0.1) is 0 Å². The summed E-state index contributed by atoms with van der Waals surface area (Å²) in [5.74, 6) is 1.84. The molecule has 59 heavy (non-hydrogen) atoms. The van der Waals surface area contributed by atoms with Crippen LogP contribution in [0.3, 0.4) is 0 Å². The lowest BCUT2D eigenvalue weighted by atomic mass is 9.92. The number of rotatable bonds is 5. The second-order valence-electron chi connectivity index (χ2n) is 15.0. The van der Waals surface area contributed by atoms with Gasteiger partial charge in [0.15, 0.2) is 17.5 Å². The largest absolute Gasteiger partial charge is 0.438 e. The third-order valence-electron chi connectivity index (χ3n) is 11.5. The summed E-state index contributed by atoms with van der Waals surface area (Å²) >= 11 is 0. The zero-order chi connectivity index (χ0) is 38.9. The van der Waals surface area contributed by atoms with Crippen molar-refractivity contribution < 1.29 is 4.42 Å². The molecular formula is C54H32N4O. The topological polar surface area (TPSA) is 64.7 Å². The van der Waals surface area contributed by atoms with Crippen LogP contribution in [0.5, 0.6) is 0 Å². The van der Waals surface area contributed by atoms with Crippen LogP contribution in [0.15, 0.2) is 199 Å². The second kappa shape index (κ2) is 13.3. The third kappa shape index (κ3) is 5.47. The number of furan rings is 1. The monoisotopic (exact) mass is 752 g/mol. The molecule has 12 rings (SSSR count). The molecule has 0 aliphatic rings. The minimum absolute atomic E-state index is 0.601.